The molecule has 0 radical (unpaired) electrons. The highest BCUT2D eigenvalue weighted by molar-refractivity contribution is 6.99. The summed E-state index contributed by atoms with van der Waals surface area (Å²) in [6, 6.07) is 29.1. The van der Waals surface area contributed by atoms with E-state index in [-0.39, 0.29) is 36.3 Å². The molecule has 3 fully saturated rings. The number of carbonyl (C=O) groups is 3. The maximum Gasteiger partial charge on any atom is 0.334 e. The van der Waals surface area contributed by atoms with Gasteiger partial charge in [-0.05, 0) is 33.8 Å². The molecule has 43 heavy (non-hydrogen) atoms. The zero-order valence-electron chi connectivity index (χ0n) is 25.2. The standard InChI is InChI=1S/C35H39NO6Si/c1-34(2,3)43(26-16-10-6-11-17-26,27-18-12-7-13-19-27)42-30-20-25-21-31(37)35(33(39)40-4)28(30)22-29(36(25)35)32(38)41-23-24-14-8-5-9-15-24/h5-19,25,28-30H,20-23H2,1-4H3/t25?,28?,29-,30?,35?/m1/s1. The van der Waals surface area contributed by atoms with E-state index in [9.17, 15) is 14.4 Å². The summed E-state index contributed by atoms with van der Waals surface area (Å²) >= 11 is 0. The van der Waals surface area contributed by atoms with Gasteiger partial charge in [-0.3, -0.25) is 14.5 Å². The smallest absolute Gasteiger partial charge is 0.334 e. The Morgan fingerprint density at radius 1 is 0.884 bits per heavy atom. The molecule has 0 aromatic heterocycles. The molecule has 3 heterocycles. The van der Waals surface area contributed by atoms with Gasteiger partial charge in [-0.2, -0.15) is 0 Å². The third-order valence-corrected chi connectivity index (χ3v) is 14.7. The lowest BCUT2D eigenvalue weighted by molar-refractivity contribution is -0.167. The van der Waals surface area contributed by atoms with Crippen molar-refractivity contribution < 1.29 is 28.3 Å². The van der Waals surface area contributed by atoms with Crippen LogP contribution in [0.1, 0.15) is 45.6 Å². The lowest BCUT2D eigenvalue weighted by Gasteiger charge is -2.50. The fourth-order valence-electron chi connectivity index (χ4n) is 7.98. The number of benzene rings is 3. The van der Waals surface area contributed by atoms with E-state index in [1.807, 2.05) is 71.6 Å². The molecule has 6 rings (SSSR count). The average Bonchev–Trinajstić information content (AvgIpc) is 3.42. The topological polar surface area (TPSA) is 82.1 Å². The van der Waals surface area contributed by atoms with Crippen LogP contribution in [-0.2, 0) is 34.9 Å². The van der Waals surface area contributed by atoms with Gasteiger partial charge in [0, 0.05) is 18.4 Å². The molecule has 7 nitrogen and oxygen atoms in total. The molecule has 224 valence electrons. The van der Waals surface area contributed by atoms with Crippen molar-refractivity contribution in [3.63, 3.8) is 0 Å². The van der Waals surface area contributed by atoms with Crippen molar-refractivity contribution in [3.8, 4) is 0 Å². The zero-order chi connectivity index (χ0) is 30.4. The van der Waals surface area contributed by atoms with E-state index < -0.39 is 43.9 Å². The van der Waals surface area contributed by atoms with Crippen LogP contribution in [0.15, 0.2) is 91.0 Å². The van der Waals surface area contributed by atoms with E-state index in [4.69, 9.17) is 13.9 Å². The first kappa shape index (κ1) is 29.5. The first-order chi connectivity index (χ1) is 20.6. The summed E-state index contributed by atoms with van der Waals surface area (Å²) in [7, 11) is -1.70. The lowest BCUT2D eigenvalue weighted by atomic mass is 9.77. The Labute approximate surface area is 254 Å². The second-order valence-corrected chi connectivity index (χ2v) is 17.2. The number of nitrogens with zero attached hydrogens (tertiary/aromatic N) is 1. The largest absolute Gasteiger partial charge is 0.467 e. The number of hydrogen-bond donors (Lipinski definition) is 0. The number of esters is 2. The van der Waals surface area contributed by atoms with Gasteiger partial charge in [0.1, 0.15) is 12.6 Å². The second kappa shape index (κ2) is 11.2. The van der Waals surface area contributed by atoms with Crippen LogP contribution in [0.2, 0.25) is 5.04 Å². The van der Waals surface area contributed by atoms with Gasteiger partial charge in [0.2, 0.25) is 0 Å². The Morgan fingerprint density at radius 3 is 1.98 bits per heavy atom. The molecule has 3 aliphatic rings. The average molecular weight is 598 g/mol. The van der Waals surface area contributed by atoms with Gasteiger partial charge in [-0.25, -0.2) is 4.79 Å². The number of carbonyl (C=O) groups excluding carboxylic acids is 3. The molecule has 0 spiro atoms. The van der Waals surface area contributed by atoms with Crippen LogP contribution in [0.3, 0.4) is 0 Å². The number of hydrogen-bond acceptors (Lipinski definition) is 7. The van der Waals surface area contributed by atoms with Crippen LogP contribution >= 0.6 is 0 Å². The van der Waals surface area contributed by atoms with Gasteiger partial charge in [0.25, 0.3) is 8.32 Å². The normalized spacial score (nSPS) is 28.0. The summed E-state index contributed by atoms with van der Waals surface area (Å²) in [5.41, 5.74) is -0.689. The van der Waals surface area contributed by atoms with Crippen molar-refractivity contribution in [2.24, 2.45) is 5.92 Å². The summed E-state index contributed by atoms with van der Waals surface area (Å²) in [5, 5.41) is 1.96. The Balaban J connectivity index is 1.42. The van der Waals surface area contributed by atoms with E-state index in [0.29, 0.717) is 6.42 Å². The molecule has 3 aliphatic heterocycles. The van der Waals surface area contributed by atoms with Crippen molar-refractivity contribution in [2.75, 3.05) is 7.11 Å². The zero-order valence-corrected chi connectivity index (χ0v) is 26.2. The SMILES string of the molecule is COC(=O)C12C(=O)CC3CC(O[Si](c4ccccc4)(c4ccccc4)C(C)(C)C)C1C[C@H](C(=O)OCc1ccccc1)N32. The summed E-state index contributed by atoms with van der Waals surface area (Å²) < 4.78 is 18.7. The van der Waals surface area contributed by atoms with Crippen LogP contribution < -0.4 is 10.4 Å². The highest BCUT2D eigenvalue weighted by Crippen LogP contribution is 2.56. The van der Waals surface area contributed by atoms with E-state index in [1.165, 1.54) is 7.11 Å². The Bertz CT molecular complexity index is 1440. The van der Waals surface area contributed by atoms with Gasteiger partial charge in [0.05, 0.1) is 13.2 Å². The van der Waals surface area contributed by atoms with Gasteiger partial charge in [-0.1, -0.05) is 112 Å². The molecule has 3 saturated heterocycles. The van der Waals surface area contributed by atoms with Gasteiger partial charge in [0.15, 0.2) is 11.3 Å². The van der Waals surface area contributed by atoms with Gasteiger partial charge in [-0.15, -0.1) is 0 Å². The fraction of sp³-hybridized carbons (Fsp3) is 0.400. The first-order valence-electron chi connectivity index (χ1n) is 15.0. The molecule has 0 aliphatic carbocycles. The fourth-order valence-corrected chi connectivity index (χ4v) is 12.7. The number of ketones is 1. The molecular formula is C35H39NO6Si. The van der Waals surface area contributed by atoms with Crippen molar-refractivity contribution in [1.29, 1.82) is 0 Å². The van der Waals surface area contributed by atoms with Crippen molar-refractivity contribution in [1.82, 2.24) is 4.90 Å². The van der Waals surface area contributed by atoms with Crippen LogP contribution in [0.25, 0.3) is 0 Å². The quantitative estimate of drug-likeness (QED) is 0.220. The molecule has 0 amide bonds. The minimum atomic E-state index is -3.01. The third-order valence-electron chi connectivity index (χ3n) is 9.69. The summed E-state index contributed by atoms with van der Waals surface area (Å²) in [4.78, 5) is 43.1. The highest BCUT2D eigenvalue weighted by atomic mass is 28.4. The molecular weight excluding hydrogens is 558 g/mol. The number of rotatable bonds is 8. The third kappa shape index (κ3) is 4.58. The summed E-state index contributed by atoms with van der Waals surface area (Å²) in [6.07, 6.45) is 0.565. The first-order valence-corrected chi connectivity index (χ1v) is 16.9. The van der Waals surface area contributed by atoms with Crippen LogP contribution in [0.4, 0.5) is 0 Å². The number of piperidine rings is 1. The Hall–Kier alpha value is -3.59. The monoisotopic (exact) mass is 597 g/mol. The molecule has 3 aromatic carbocycles. The maximum atomic E-state index is 13.9. The van der Waals surface area contributed by atoms with Crippen molar-refractivity contribution in [2.45, 2.75) is 75.4 Å². The minimum Gasteiger partial charge on any atom is -0.467 e. The second-order valence-electron chi connectivity index (χ2n) is 13.0. The predicted molar refractivity (Wildman–Crippen MR) is 165 cm³/mol. The van der Waals surface area contributed by atoms with Gasteiger partial charge < -0.3 is 13.9 Å². The van der Waals surface area contributed by atoms with Crippen LogP contribution in [0, 0.1) is 5.92 Å². The van der Waals surface area contributed by atoms with Gasteiger partial charge >= 0.3 is 11.9 Å². The Kier molecular flexibility index (Phi) is 7.65. The predicted octanol–water partition coefficient (Wildman–Crippen LogP) is 4.02. The lowest BCUT2D eigenvalue weighted by Crippen LogP contribution is -2.71. The number of ether oxygens (including phenoxy) is 2. The Morgan fingerprint density at radius 2 is 1.44 bits per heavy atom. The van der Waals surface area contributed by atoms with E-state index in [1.54, 1.807) is 0 Å². The molecule has 0 saturated carbocycles. The van der Waals surface area contributed by atoms with Crippen molar-refractivity contribution in [3.05, 3.63) is 96.6 Å². The maximum absolute atomic E-state index is 13.9. The molecule has 4 bridgehead atoms. The minimum absolute atomic E-state index is 0.126. The summed E-state index contributed by atoms with van der Waals surface area (Å²) in [5.74, 6) is -1.78. The van der Waals surface area contributed by atoms with E-state index in [0.717, 1.165) is 15.9 Å². The summed E-state index contributed by atoms with van der Waals surface area (Å²) in [6.45, 7) is 6.76. The number of methoxy groups -OCH3 is 1. The van der Waals surface area contributed by atoms with Crippen LogP contribution in [0.5, 0.6) is 0 Å². The van der Waals surface area contributed by atoms with E-state index in [2.05, 4.69) is 45.0 Å². The van der Waals surface area contributed by atoms with E-state index >= 15 is 0 Å². The molecule has 0 N–H and O–H groups in total. The molecule has 5 unspecified atom stereocenters. The number of Topliss-reactive ketones (excluding diaryl/α,β-unsaturated/α-hetero) is 1. The van der Waals surface area contributed by atoms with Crippen molar-refractivity contribution >= 4 is 36.4 Å². The molecule has 6 atom stereocenters. The highest BCUT2D eigenvalue weighted by Gasteiger charge is 2.75. The molecule has 3 aromatic rings. The molecule has 8 heteroatoms. The van der Waals surface area contributed by atoms with Crippen LogP contribution in [-0.4, -0.2) is 61.8 Å².